The molecule has 0 bridgehead atoms. The van der Waals surface area contributed by atoms with Gasteiger partial charge in [-0.15, -0.1) is 0 Å². The number of unbranched alkanes of at least 4 members (excludes halogenated alkanes) is 2. The number of carbonyl (C=O) groups excluding carboxylic acids is 3. The summed E-state index contributed by atoms with van der Waals surface area (Å²) < 4.78 is 10.6. The van der Waals surface area contributed by atoms with Crippen molar-refractivity contribution in [1.82, 2.24) is 9.80 Å². The summed E-state index contributed by atoms with van der Waals surface area (Å²) in [6.07, 6.45) is 4.91. The lowest BCUT2D eigenvalue weighted by molar-refractivity contribution is -0.158. The van der Waals surface area contributed by atoms with Crippen molar-refractivity contribution < 1.29 is 23.9 Å². The first-order valence-corrected chi connectivity index (χ1v) is 11.5. The van der Waals surface area contributed by atoms with Gasteiger partial charge in [0, 0.05) is 26.6 Å². The van der Waals surface area contributed by atoms with E-state index in [1.165, 1.54) is 7.11 Å². The Morgan fingerprint density at radius 3 is 2.32 bits per heavy atom. The number of methoxy groups -OCH3 is 1. The number of amides is 1. The summed E-state index contributed by atoms with van der Waals surface area (Å²) in [4.78, 5) is 41.3. The van der Waals surface area contributed by atoms with Crippen molar-refractivity contribution >= 4 is 17.7 Å². The number of piperidine rings is 1. The summed E-state index contributed by atoms with van der Waals surface area (Å²) in [5.74, 6) is -1.55. The van der Waals surface area contributed by atoms with Crippen LogP contribution in [0.25, 0.3) is 0 Å². The average molecular weight is 442 g/mol. The number of likely N-dealkylation sites (tertiary alicyclic amines) is 1. The highest BCUT2D eigenvalue weighted by Gasteiger charge is 2.42. The van der Waals surface area contributed by atoms with Gasteiger partial charge < -0.3 is 20.1 Å². The quantitative estimate of drug-likeness (QED) is 0.265. The molecule has 1 saturated heterocycles. The van der Waals surface area contributed by atoms with Crippen LogP contribution in [0.2, 0.25) is 0 Å². The second-order valence-corrected chi connectivity index (χ2v) is 9.41. The number of hydrogen-bond acceptors (Lipinski definition) is 7. The van der Waals surface area contributed by atoms with Gasteiger partial charge in [-0.2, -0.15) is 0 Å². The topological polar surface area (TPSA) is 102 Å². The summed E-state index contributed by atoms with van der Waals surface area (Å²) in [6, 6.07) is 0. The molecule has 1 amide bonds. The third-order valence-corrected chi connectivity index (χ3v) is 6.31. The smallest absolute Gasteiger partial charge is 0.316 e. The molecule has 0 aromatic carbocycles. The Morgan fingerprint density at radius 2 is 1.81 bits per heavy atom. The molecule has 0 saturated carbocycles. The molecule has 180 valence electrons. The van der Waals surface area contributed by atoms with Gasteiger partial charge in [0.15, 0.2) is 0 Å². The number of hydrogen-bond donors (Lipinski definition) is 1. The predicted octanol–water partition coefficient (Wildman–Crippen LogP) is 1.99. The zero-order valence-electron chi connectivity index (χ0n) is 20.4. The number of nitrogens with two attached hydrogens (primary N) is 1. The largest absolute Gasteiger partial charge is 0.463 e. The molecule has 8 heteroatoms. The second kappa shape index (κ2) is 12.5. The minimum Gasteiger partial charge on any atom is -0.463 e. The first kappa shape index (κ1) is 27.5. The van der Waals surface area contributed by atoms with Gasteiger partial charge in [0.2, 0.25) is 5.91 Å². The Bertz CT molecular complexity index is 595. The van der Waals surface area contributed by atoms with Crippen molar-refractivity contribution in [3.8, 4) is 0 Å². The minimum atomic E-state index is -0.905. The standard InChI is InChI=1S/C23H43N3O5/c1-7-8-9-13-25(5)23(11-14-26(15-12-23)21(29)22(3,4)24)17-31-20(28)18(2)19(27)10-16-30-6/h18H,7-17,24H2,1-6H3. The van der Waals surface area contributed by atoms with Crippen molar-refractivity contribution in [3.63, 3.8) is 0 Å². The van der Waals surface area contributed by atoms with Crippen molar-refractivity contribution in [2.75, 3.05) is 47.0 Å². The Hall–Kier alpha value is -1.51. The first-order chi connectivity index (χ1) is 14.5. The van der Waals surface area contributed by atoms with Gasteiger partial charge in [0.25, 0.3) is 0 Å². The van der Waals surface area contributed by atoms with Crippen LogP contribution in [-0.2, 0) is 23.9 Å². The molecule has 0 radical (unpaired) electrons. The molecule has 0 aromatic heterocycles. The molecule has 1 fully saturated rings. The fourth-order valence-corrected chi connectivity index (χ4v) is 3.89. The normalized spacial score (nSPS) is 17.5. The molecule has 31 heavy (non-hydrogen) atoms. The maximum absolute atomic E-state index is 12.6. The summed E-state index contributed by atoms with van der Waals surface area (Å²) in [5, 5.41) is 0. The van der Waals surface area contributed by atoms with E-state index in [1.807, 2.05) is 0 Å². The zero-order chi connectivity index (χ0) is 23.7. The summed E-state index contributed by atoms with van der Waals surface area (Å²) >= 11 is 0. The van der Waals surface area contributed by atoms with Gasteiger partial charge in [-0.25, -0.2) is 0 Å². The third-order valence-electron chi connectivity index (χ3n) is 6.31. The minimum absolute atomic E-state index is 0.0657. The Labute approximate surface area is 187 Å². The lowest BCUT2D eigenvalue weighted by atomic mass is 9.85. The third kappa shape index (κ3) is 8.16. The van der Waals surface area contributed by atoms with E-state index < -0.39 is 17.4 Å². The van der Waals surface area contributed by atoms with Crippen LogP contribution in [0.3, 0.4) is 0 Å². The maximum Gasteiger partial charge on any atom is 0.316 e. The lowest BCUT2D eigenvalue weighted by Gasteiger charge is -2.48. The molecule has 0 aromatic rings. The molecule has 0 spiro atoms. The average Bonchev–Trinajstić information content (AvgIpc) is 2.74. The molecule has 1 aliphatic heterocycles. The number of ketones is 1. The second-order valence-electron chi connectivity index (χ2n) is 9.41. The van der Waals surface area contributed by atoms with Crippen molar-refractivity contribution in [2.45, 2.75) is 77.3 Å². The van der Waals surface area contributed by atoms with Crippen LogP contribution in [0.15, 0.2) is 0 Å². The lowest BCUT2D eigenvalue weighted by Crippen LogP contribution is -2.61. The van der Waals surface area contributed by atoms with E-state index in [2.05, 4.69) is 18.9 Å². The Morgan fingerprint density at radius 1 is 1.19 bits per heavy atom. The van der Waals surface area contributed by atoms with Crippen LogP contribution in [0.1, 0.15) is 66.2 Å². The number of likely N-dealkylation sites (N-methyl/N-ethyl adjacent to an activating group) is 1. The molecule has 1 aliphatic rings. The molecule has 0 aliphatic carbocycles. The number of rotatable bonds is 13. The number of carbonyl (C=O) groups is 3. The number of nitrogens with zero attached hydrogens (tertiary/aromatic N) is 2. The fourth-order valence-electron chi connectivity index (χ4n) is 3.89. The highest BCUT2D eigenvalue weighted by Crippen LogP contribution is 2.30. The van der Waals surface area contributed by atoms with Gasteiger partial charge in [-0.05, 0) is 53.6 Å². The van der Waals surface area contributed by atoms with Gasteiger partial charge in [0.05, 0.1) is 17.7 Å². The molecular weight excluding hydrogens is 398 g/mol. The van der Waals surface area contributed by atoms with Gasteiger partial charge in [-0.1, -0.05) is 19.8 Å². The molecular formula is C23H43N3O5. The summed E-state index contributed by atoms with van der Waals surface area (Å²) in [5.41, 5.74) is 4.74. The van der Waals surface area contributed by atoms with Crippen molar-refractivity contribution in [2.24, 2.45) is 11.7 Å². The summed E-state index contributed by atoms with van der Waals surface area (Å²) in [6.45, 7) is 9.72. The predicted molar refractivity (Wildman–Crippen MR) is 121 cm³/mol. The SMILES string of the molecule is CCCCCN(C)C1(COC(=O)C(C)C(=O)CCOC)CCN(C(=O)C(C)(C)N)CC1. The van der Waals surface area contributed by atoms with Crippen LogP contribution < -0.4 is 5.73 Å². The highest BCUT2D eigenvalue weighted by molar-refractivity contribution is 5.98. The van der Waals surface area contributed by atoms with E-state index in [9.17, 15) is 14.4 Å². The molecule has 1 heterocycles. The maximum atomic E-state index is 12.6. The number of Topliss-reactive ketones (excluding diaryl/α,β-unsaturated/α-hetero) is 1. The molecule has 2 N–H and O–H groups in total. The monoisotopic (exact) mass is 441 g/mol. The number of esters is 1. The van der Waals surface area contributed by atoms with E-state index in [0.29, 0.717) is 32.5 Å². The van der Waals surface area contributed by atoms with E-state index >= 15 is 0 Å². The van der Waals surface area contributed by atoms with Crippen LogP contribution in [0.4, 0.5) is 0 Å². The molecule has 8 nitrogen and oxygen atoms in total. The van der Waals surface area contributed by atoms with Gasteiger partial charge in [-0.3, -0.25) is 19.3 Å². The van der Waals surface area contributed by atoms with Crippen LogP contribution in [0, 0.1) is 5.92 Å². The van der Waals surface area contributed by atoms with Crippen molar-refractivity contribution in [3.05, 3.63) is 0 Å². The van der Waals surface area contributed by atoms with E-state index in [4.69, 9.17) is 15.2 Å². The van der Waals surface area contributed by atoms with Crippen molar-refractivity contribution in [1.29, 1.82) is 0 Å². The molecule has 1 atom stereocenters. The van der Waals surface area contributed by atoms with Gasteiger partial charge in [0.1, 0.15) is 18.3 Å². The fraction of sp³-hybridized carbons (Fsp3) is 0.870. The number of ether oxygens (including phenoxy) is 2. The molecule has 1 rings (SSSR count). The Kier molecular flexibility index (Phi) is 11.1. The summed E-state index contributed by atoms with van der Waals surface area (Å²) in [7, 11) is 3.58. The van der Waals surface area contributed by atoms with E-state index in [0.717, 1.165) is 25.8 Å². The Balaban J connectivity index is 2.82. The zero-order valence-corrected chi connectivity index (χ0v) is 20.4. The van der Waals surface area contributed by atoms with Gasteiger partial charge >= 0.3 is 5.97 Å². The van der Waals surface area contributed by atoms with E-state index in [1.54, 1.807) is 25.7 Å². The molecule has 1 unspecified atom stereocenters. The first-order valence-electron chi connectivity index (χ1n) is 11.5. The van der Waals surface area contributed by atoms with E-state index in [-0.39, 0.29) is 30.3 Å². The highest BCUT2D eigenvalue weighted by atomic mass is 16.5. The van der Waals surface area contributed by atoms with Crippen LogP contribution in [-0.4, -0.2) is 85.5 Å². The van der Waals surface area contributed by atoms with Crippen LogP contribution >= 0.6 is 0 Å². The van der Waals surface area contributed by atoms with Crippen LogP contribution in [0.5, 0.6) is 0 Å².